The van der Waals surface area contributed by atoms with E-state index in [-0.39, 0.29) is 17.8 Å². The number of carbonyl (C=O) groups is 2. The van der Waals surface area contributed by atoms with E-state index in [9.17, 15) is 22.8 Å². The summed E-state index contributed by atoms with van der Waals surface area (Å²) in [4.78, 5) is 36.8. The van der Waals surface area contributed by atoms with Crippen molar-refractivity contribution in [3.05, 3.63) is 59.7 Å². The molecule has 1 aliphatic rings. The van der Waals surface area contributed by atoms with E-state index >= 15 is 0 Å². The third-order valence-corrected chi connectivity index (χ3v) is 7.31. The van der Waals surface area contributed by atoms with Gasteiger partial charge in [0.15, 0.2) is 6.61 Å². The van der Waals surface area contributed by atoms with Crippen LogP contribution in [-0.4, -0.2) is 70.4 Å². The predicted octanol–water partition coefficient (Wildman–Crippen LogP) is 6.47. The fourth-order valence-electron chi connectivity index (χ4n) is 4.35. The Balaban J connectivity index is 1.37. The van der Waals surface area contributed by atoms with Crippen LogP contribution in [0, 0.1) is 0 Å². The van der Waals surface area contributed by atoms with Crippen LogP contribution in [0.5, 0.6) is 11.8 Å². The number of benzene rings is 2. The number of anilines is 3. The number of nitrogens with zero attached hydrogens (tertiary/aromatic N) is 3. The first-order valence-corrected chi connectivity index (χ1v) is 16.5. The molecule has 4 rings (SSSR count). The number of aromatic nitrogens is 3. The van der Waals surface area contributed by atoms with Crippen LogP contribution in [0.3, 0.4) is 0 Å². The Morgan fingerprint density at radius 1 is 0.875 bits per heavy atom. The summed E-state index contributed by atoms with van der Waals surface area (Å²) < 4.78 is 54.6. The molecule has 4 N–H and O–H groups in total. The zero-order valence-electron chi connectivity index (χ0n) is 26.9. The summed E-state index contributed by atoms with van der Waals surface area (Å²) >= 11 is 3.38. The van der Waals surface area contributed by atoms with Crippen LogP contribution in [0.2, 0.25) is 0 Å². The lowest BCUT2D eigenvalue weighted by atomic mass is 10.1. The average Bonchev–Trinajstić information content (AvgIpc) is 3.79. The van der Waals surface area contributed by atoms with Gasteiger partial charge in [-0.2, -0.15) is 28.1 Å². The number of hydrogen-bond acceptors (Lipinski definition) is 10. The van der Waals surface area contributed by atoms with Gasteiger partial charge in [0.25, 0.3) is 5.91 Å². The van der Waals surface area contributed by atoms with Gasteiger partial charge in [0.05, 0.1) is 12.1 Å². The highest BCUT2D eigenvalue weighted by atomic mass is 79.9. The molecule has 260 valence electrons. The number of amides is 2. The van der Waals surface area contributed by atoms with Crippen molar-refractivity contribution in [1.29, 1.82) is 0 Å². The van der Waals surface area contributed by atoms with Crippen molar-refractivity contribution >= 4 is 45.5 Å². The summed E-state index contributed by atoms with van der Waals surface area (Å²) in [6.45, 7) is 4.98. The van der Waals surface area contributed by atoms with Gasteiger partial charge in [-0.15, -0.1) is 0 Å². The molecular formula is C32H39BrF3N7O5. The molecule has 0 atom stereocenters. The molecule has 2 amide bonds. The summed E-state index contributed by atoms with van der Waals surface area (Å²) in [6, 6.07) is 13.5. The van der Waals surface area contributed by atoms with Gasteiger partial charge in [0, 0.05) is 29.7 Å². The Morgan fingerprint density at radius 3 is 2.17 bits per heavy atom. The first-order valence-electron chi connectivity index (χ1n) is 15.4. The van der Waals surface area contributed by atoms with Gasteiger partial charge >= 0.3 is 18.3 Å². The maximum absolute atomic E-state index is 12.9. The van der Waals surface area contributed by atoms with Gasteiger partial charge in [0.2, 0.25) is 11.9 Å². The Kier molecular flexibility index (Phi) is 12.3. The lowest BCUT2D eigenvalue weighted by Crippen LogP contribution is -2.34. The molecule has 0 saturated heterocycles. The van der Waals surface area contributed by atoms with E-state index in [0.717, 1.165) is 35.9 Å². The molecule has 0 spiro atoms. The Morgan fingerprint density at radius 2 is 1.54 bits per heavy atom. The van der Waals surface area contributed by atoms with Crippen LogP contribution in [0.25, 0.3) is 0 Å². The van der Waals surface area contributed by atoms with Crippen molar-refractivity contribution in [2.75, 3.05) is 42.3 Å². The van der Waals surface area contributed by atoms with Crippen molar-refractivity contribution in [2.24, 2.45) is 0 Å². The molecule has 1 saturated carbocycles. The van der Waals surface area contributed by atoms with Gasteiger partial charge in [0.1, 0.15) is 11.4 Å². The number of alkyl carbamates (subject to hydrolysis) is 1. The summed E-state index contributed by atoms with van der Waals surface area (Å²) in [5.74, 6) is 0.408. The van der Waals surface area contributed by atoms with Crippen molar-refractivity contribution in [3.8, 4) is 11.8 Å². The third kappa shape index (κ3) is 12.0. The van der Waals surface area contributed by atoms with Crippen LogP contribution in [0.1, 0.15) is 62.4 Å². The molecule has 16 heteroatoms. The minimum Gasteiger partial charge on any atom is -0.494 e. The van der Waals surface area contributed by atoms with Gasteiger partial charge in [-0.25, -0.2) is 4.79 Å². The van der Waals surface area contributed by atoms with E-state index in [1.165, 1.54) is 0 Å². The molecule has 0 unspecified atom stereocenters. The highest BCUT2D eigenvalue weighted by Gasteiger charge is 2.45. The zero-order chi connectivity index (χ0) is 34.8. The number of hydrogen-bond donors (Lipinski definition) is 4. The van der Waals surface area contributed by atoms with Gasteiger partial charge in [-0.1, -0.05) is 28.1 Å². The van der Waals surface area contributed by atoms with Crippen molar-refractivity contribution in [1.82, 2.24) is 25.6 Å². The van der Waals surface area contributed by atoms with Crippen LogP contribution >= 0.6 is 15.9 Å². The largest absolute Gasteiger partial charge is 0.494 e. The molecule has 1 fully saturated rings. The lowest BCUT2D eigenvalue weighted by molar-refractivity contribution is -0.154. The monoisotopic (exact) mass is 737 g/mol. The normalized spacial score (nSPS) is 13.6. The molecular weight excluding hydrogens is 699 g/mol. The van der Waals surface area contributed by atoms with E-state index in [4.69, 9.17) is 14.2 Å². The molecule has 12 nitrogen and oxygen atoms in total. The number of nitrogens with one attached hydrogen (secondary N) is 4. The molecule has 2 aromatic carbocycles. The number of ether oxygens (including phenoxy) is 3. The minimum atomic E-state index is -4.59. The number of alkyl halides is 4. The molecule has 1 aromatic heterocycles. The molecule has 3 aromatic rings. The predicted molar refractivity (Wildman–Crippen MR) is 177 cm³/mol. The van der Waals surface area contributed by atoms with E-state index < -0.39 is 36.0 Å². The Labute approximate surface area is 285 Å². The molecule has 48 heavy (non-hydrogen) atoms. The van der Waals surface area contributed by atoms with Crippen LogP contribution in [0.4, 0.5) is 35.5 Å². The number of rotatable bonds is 16. The smallest absolute Gasteiger partial charge is 0.422 e. The maximum atomic E-state index is 12.9. The van der Waals surface area contributed by atoms with E-state index in [2.05, 4.69) is 52.1 Å². The van der Waals surface area contributed by atoms with Crippen molar-refractivity contribution < 1.29 is 37.0 Å². The first kappa shape index (κ1) is 36.5. The second-order valence-electron chi connectivity index (χ2n) is 12.0. The van der Waals surface area contributed by atoms with E-state index in [0.29, 0.717) is 37.4 Å². The lowest BCUT2D eigenvalue weighted by Gasteiger charge is -2.19. The van der Waals surface area contributed by atoms with Crippen LogP contribution < -0.4 is 30.7 Å². The minimum absolute atomic E-state index is 0.0389. The summed E-state index contributed by atoms with van der Waals surface area (Å²) in [5, 5.41) is 12.5. The van der Waals surface area contributed by atoms with E-state index in [1.807, 2.05) is 24.3 Å². The van der Waals surface area contributed by atoms with Crippen LogP contribution in [0.15, 0.2) is 48.5 Å². The fraction of sp³-hybridized carbons (Fsp3) is 0.469. The van der Waals surface area contributed by atoms with E-state index in [1.54, 1.807) is 45.0 Å². The Hall–Kier alpha value is -4.34. The molecule has 1 aliphatic carbocycles. The van der Waals surface area contributed by atoms with Crippen molar-refractivity contribution in [2.45, 2.75) is 63.8 Å². The fourth-order valence-corrected chi connectivity index (χ4v) is 4.58. The molecule has 1 heterocycles. The Bertz CT molecular complexity index is 1520. The summed E-state index contributed by atoms with van der Waals surface area (Å²) in [7, 11) is 0. The average molecular weight is 739 g/mol. The SMILES string of the molecule is CC(C)(C)OC(=O)NCCCNC(=O)c1ccc(Nc2nc(NC3(c4ccc(OCCCBr)cc4)CC3)nc(OCC(F)(F)F)n2)cc1. The maximum Gasteiger partial charge on any atom is 0.422 e. The highest BCUT2D eigenvalue weighted by molar-refractivity contribution is 9.09. The van der Waals surface area contributed by atoms with Gasteiger partial charge < -0.3 is 35.5 Å². The second-order valence-corrected chi connectivity index (χ2v) is 12.8. The first-order chi connectivity index (χ1) is 22.7. The van der Waals surface area contributed by atoms with Crippen LogP contribution in [-0.2, 0) is 10.3 Å². The molecule has 0 aliphatic heterocycles. The van der Waals surface area contributed by atoms with Gasteiger partial charge in [-0.3, -0.25) is 4.79 Å². The summed E-state index contributed by atoms with van der Waals surface area (Å²) in [5.41, 5.74) is 0.707. The van der Waals surface area contributed by atoms with Gasteiger partial charge in [-0.05, 0) is 88.4 Å². The second kappa shape index (κ2) is 16.2. The summed E-state index contributed by atoms with van der Waals surface area (Å²) in [6.07, 6.45) is -2.23. The number of halogens is 4. The standard InChI is InChI=1S/C32H39BrF3N7O5/c1-30(2,3)48-29(45)38-18-5-17-37-25(44)21-6-10-23(11-7-21)39-26-40-27(42-28(41-26)47-20-32(34,35)36)43-31(14-15-31)22-8-12-24(13-9-22)46-19-4-16-33/h6-13H,4-5,14-20H2,1-3H3,(H,37,44)(H,38,45)(H2,39,40,41,42,43). The topological polar surface area (TPSA) is 149 Å². The third-order valence-electron chi connectivity index (χ3n) is 6.75. The zero-order valence-corrected chi connectivity index (χ0v) is 28.5. The highest BCUT2D eigenvalue weighted by Crippen LogP contribution is 2.48. The molecule has 0 bridgehead atoms. The number of carbonyl (C=O) groups excluding carboxylic acids is 2. The quantitative estimate of drug-likeness (QED) is 0.0953. The van der Waals surface area contributed by atoms with Crippen molar-refractivity contribution in [3.63, 3.8) is 0 Å². The molecule has 0 radical (unpaired) electrons.